The third-order valence-corrected chi connectivity index (χ3v) is 7.05. The summed E-state index contributed by atoms with van der Waals surface area (Å²) < 4.78 is 5.51. The molecule has 250 valence electrons. The van der Waals surface area contributed by atoms with E-state index in [4.69, 9.17) is 4.74 Å². The van der Waals surface area contributed by atoms with Gasteiger partial charge in [-0.05, 0) is 83.0 Å². The first-order valence-electron chi connectivity index (χ1n) is 16.2. The maximum Gasteiger partial charge on any atom is 0.224 e. The second kappa shape index (κ2) is 21.4. The molecule has 0 fully saturated rings. The molecule has 4 heteroatoms. The molecule has 1 amide bonds. The number of rotatable bonds is 13. The zero-order chi connectivity index (χ0) is 34.6. The van der Waals surface area contributed by atoms with Gasteiger partial charge < -0.3 is 10.1 Å². The van der Waals surface area contributed by atoms with Crippen LogP contribution in [-0.2, 0) is 20.7 Å². The minimum Gasteiger partial charge on any atom is -0.501 e. The molecule has 0 saturated carbocycles. The van der Waals surface area contributed by atoms with E-state index >= 15 is 0 Å². The van der Waals surface area contributed by atoms with Gasteiger partial charge in [-0.15, -0.1) is 5.73 Å². The lowest BCUT2D eigenvalue weighted by Crippen LogP contribution is -2.37. The van der Waals surface area contributed by atoms with Crippen LogP contribution in [0.1, 0.15) is 76.1 Å². The molecule has 0 radical (unpaired) electrons. The van der Waals surface area contributed by atoms with Crippen LogP contribution in [0, 0.1) is 11.8 Å². The van der Waals surface area contributed by atoms with E-state index in [1.54, 1.807) is 7.11 Å². The molecule has 0 bridgehead atoms. The monoisotopic (exact) mass is 625 g/mol. The molecule has 2 atom stereocenters. The van der Waals surface area contributed by atoms with Crippen molar-refractivity contribution in [1.29, 1.82) is 0 Å². The van der Waals surface area contributed by atoms with E-state index in [2.05, 4.69) is 101 Å². The van der Waals surface area contributed by atoms with Crippen LogP contribution in [0.4, 0.5) is 0 Å². The lowest BCUT2D eigenvalue weighted by Gasteiger charge is -2.22. The maximum atomic E-state index is 13.0. The van der Waals surface area contributed by atoms with Gasteiger partial charge in [-0.2, -0.15) is 0 Å². The number of methoxy groups -OCH3 is 1. The molecule has 3 aromatic carbocycles. The summed E-state index contributed by atoms with van der Waals surface area (Å²) in [7, 11) is 1.59. The lowest BCUT2D eigenvalue weighted by molar-refractivity contribution is -0.121. The van der Waals surface area contributed by atoms with Crippen LogP contribution >= 0.6 is 0 Å². The topological polar surface area (TPSA) is 55.4 Å². The van der Waals surface area contributed by atoms with E-state index in [1.807, 2.05) is 51.1 Å². The minimum atomic E-state index is -0.234. The smallest absolute Gasteiger partial charge is 0.224 e. The fourth-order valence-electron chi connectivity index (χ4n) is 4.50. The highest BCUT2D eigenvalue weighted by Crippen LogP contribution is 2.25. The molecule has 0 heterocycles. The molecule has 2 unspecified atom stereocenters. The van der Waals surface area contributed by atoms with Gasteiger partial charge in [0, 0.05) is 15.2 Å². The summed E-state index contributed by atoms with van der Waals surface area (Å²) in [5.74, 6) is 0.696. The van der Waals surface area contributed by atoms with E-state index in [9.17, 15) is 9.59 Å². The Morgan fingerprint density at radius 2 is 1.52 bits per heavy atom. The van der Waals surface area contributed by atoms with Crippen LogP contribution in [0.25, 0.3) is 21.9 Å². The number of carbonyl (C=O) groups excluding carboxylic acids is 2. The molecule has 0 aromatic heterocycles. The highest BCUT2D eigenvalue weighted by molar-refractivity contribution is 5.91. The molecule has 0 aliphatic carbocycles. The Morgan fingerprint density at radius 3 is 2.04 bits per heavy atom. The normalized spacial score (nSPS) is 11.9. The van der Waals surface area contributed by atoms with Crippen LogP contribution in [0.5, 0.6) is 0 Å². The zero-order valence-corrected chi connectivity index (χ0v) is 29.4. The zero-order valence-electron chi connectivity index (χ0n) is 29.4. The van der Waals surface area contributed by atoms with Gasteiger partial charge in [-0.25, -0.2) is 0 Å². The SMILES string of the molecule is C=C=C(C)C.C=CC(=O)C(C)C/C(=C/C(=C)C(CC(C)C)NC(=O)Cc1ccc(-c2ccc3ccccc3c2)cc1)OC.CCC.[HH].[HH]. The fraction of sp³-hybridized carbons (Fsp3) is 0.357. The van der Waals surface area contributed by atoms with Crippen molar-refractivity contribution in [2.75, 3.05) is 7.11 Å². The number of fused-ring (bicyclic) bond motifs is 1. The number of carbonyl (C=O) groups is 2. The average Bonchev–Trinajstić information content (AvgIpc) is 3.04. The molecule has 3 rings (SSSR count). The summed E-state index contributed by atoms with van der Waals surface area (Å²) in [4.78, 5) is 24.9. The van der Waals surface area contributed by atoms with E-state index in [1.165, 1.54) is 23.3 Å². The molecule has 1 N–H and O–H groups in total. The average molecular weight is 626 g/mol. The fourth-order valence-corrected chi connectivity index (χ4v) is 4.50. The summed E-state index contributed by atoms with van der Waals surface area (Å²) in [5, 5.41) is 5.58. The number of nitrogens with one attached hydrogen (secondary N) is 1. The van der Waals surface area contributed by atoms with Crippen molar-refractivity contribution < 1.29 is 17.2 Å². The Hall–Kier alpha value is -4.40. The van der Waals surface area contributed by atoms with Crippen molar-refractivity contribution >= 4 is 22.5 Å². The number of ether oxygens (including phenoxy) is 1. The van der Waals surface area contributed by atoms with Crippen molar-refractivity contribution in [3.05, 3.63) is 127 Å². The summed E-state index contributed by atoms with van der Waals surface area (Å²) in [6.45, 7) is 25.4. The quantitative estimate of drug-likeness (QED) is 0.0890. The molecule has 4 nitrogen and oxygen atoms in total. The van der Waals surface area contributed by atoms with Crippen molar-refractivity contribution in [1.82, 2.24) is 5.32 Å². The summed E-state index contributed by atoms with van der Waals surface area (Å²) >= 11 is 0. The van der Waals surface area contributed by atoms with Crippen molar-refractivity contribution in [2.24, 2.45) is 11.8 Å². The minimum absolute atomic E-state index is 0. The molecule has 0 aliphatic rings. The summed E-state index contributed by atoms with van der Waals surface area (Å²) in [6, 6.07) is 22.7. The van der Waals surface area contributed by atoms with Gasteiger partial charge >= 0.3 is 0 Å². The van der Waals surface area contributed by atoms with Crippen LogP contribution in [-0.4, -0.2) is 24.8 Å². The molecular weight excluding hydrogens is 566 g/mol. The predicted molar refractivity (Wildman–Crippen MR) is 202 cm³/mol. The summed E-state index contributed by atoms with van der Waals surface area (Å²) in [5.41, 5.74) is 7.81. The van der Waals surface area contributed by atoms with E-state index in [0.29, 0.717) is 18.1 Å². The third kappa shape index (κ3) is 14.6. The Kier molecular flexibility index (Phi) is 18.4. The first-order chi connectivity index (χ1) is 21.9. The second-order valence-electron chi connectivity index (χ2n) is 12.2. The molecule has 0 saturated heterocycles. The predicted octanol–water partition coefficient (Wildman–Crippen LogP) is 11.1. The van der Waals surface area contributed by atoms with Crippen molar-refractivity contribution in [2.45, 2.75) is 80.2 Å². The number of ketones is 1. The first kappa shape index (κ1) is 39.6. The van der Waals surface area contributed by atoms with E-state index < -0.39 is 0 Å². The van der Waals surface area contributed by atoms with Crippen molar-refractivity contribution in [3.8, 4) is 11.1 Å². The number of amides is 1. The molecular formula is C42H59NO3. The Bertz CT molecular complexity index is 1510. The largest absolute Gasteiger partial charge is 0.501 e. The van der Waals surface area contributed by atoms with E-state index in [-0.39, 0.29) is 32.9 Å². The Morgan fingerprint density at radius 1 is 0.957 bits per heavy atom. The third-order valence-electron chi connectivity index (χ3n) is 7.05. The van der Waals surface area contributed by atoms with Gasteiger partial charge in [0.05, 0.1) is 25.3 Å². The van der Waals surface area contributed by atoms with Gasteiger partial charge in [-0.3, -0.25) is 9.59 Å². The van der Waals surface area contributed by atoms with Crippen LogP contribution in [0.3, 0.4) is 0 Å². The van der Waals surface area contributed by atoms with Gasteiger partial charge in [0.15, 0.2) is 5.78 Å². The molecule has 46 heavy (non-hydrogen) atoms. The van der Waals surface area contributed by atoms with Crippen LogP contribution in [0.15, 0.2) is 121 Å². The molecule has 0 aliphatic heterocycles. The highest BCUT2D eigenvalue weighted by atomic mass is 16.5. The highest BCUT2D eigenvalue weighted by Gasteiger charge is 2.19. The number of benzene rings is 3. The number of hydrogen-bond acceptors (Lipinski definition) is 3. The van der Waals surface area contributed by atoms with Gasteiger partial charge in [-0.1, -0.05) is 121 Å². The lowest BCUT2D eigenvalue weighted by atomic mass is 9.95. The van der Waals surface area contributed by atoms with Crippen LogP contribution < -0.4 is 5.32 Å². The standard InChI is InChI=1S/C34H39NO3.C5H8.C3H8.2H2/c1-7-33(36)25(5)20-31(38-6)19-24(4)32(18-23(2)3)35-34(37)21-26-12-14-28(15-13-26)30-17-16-27-10-8-9-11-29(27)22-30;1-4-5(2)3;1-3-2;;/h7-17,19,22-23,25,32H,1,4,18,20-21H2,2-3,5-6H3,(H,35,37);1H2,2-3H3;3H2,1-2H3;2*1H/b31-19-;;;;. The Balaban J connectivity index is 0. The Labute approximate surface area is 281 Å². The van der Waals surface area contributed by atoms with Crippen molar-refractivity contribution in [3.63, 3.8) is 0 Å². The first-order valence-corrected chi connectivity index (χ1v) is 16.2. The van der Waals surface area contributed by atoms with E-state index in [0.717, 1.165) is 34.3 Å². The summed E-state index contributed by atoms with van der Waals surface area (Å²) in [6.07, 6.45) is 5.92. The second-order valence-corrected chi connectivity index (χ2v) is 12.2. The molecule has 0 spiro atoms. The van der Waals surface area contributed by atoms with Gasteiger partial charge in [0.2, 0.25) is 5.91 Å². The maximum absolute atomic E-state index is 13.0. The van der Waals surface area contributed by atoms with Crippen LogP contribution in [0.2, 0.25) is 0 Å². The van der Waals surface area contributed by atoms with Gasteiger partial charge in [0.1, 0.15) is 0 Å². The number of hydrogen-bond donors (Lipinski definition) is 1. The van der Waals surface area contributed by atoms with Gasteiger partial charge in [0.25, 0.3) is 0 Å². The molecule has 3 aromatic rings. The number of allylic oxidation sites excluding steroid dienone is 3.